The SMILES string of the molecule is CC[C@H](C)[C@@H]1NCC(=O)CNC(=O)[C@@H]2Cc3c([nH]c4ccc(NC(=O)CCNC(=O)CN(C(=O)CCl)N(CC(=O)O)C(=O)CCl)cc34)SC[C@H](NC(=O)CNC1=O)C(=O)N[C@@H](CC(=O)OC)C(=O)N1C[C@H](O)C[C@H]1C(=O)N[C@@H]([C@@H](C)CC)C(=O)N2. The molecule has 1 saturated heterocycles. The summed E-state index contributed by atoms with van der Waals surface area (Å²) in [5, 5.41) is 45.4. The molecule has 0 unspecified atom stereocenters. The van der Waals surface area contributed by atoms with E-state index in [-0.39, 0.29) is 53.8 Å². The predicted octanol–water partition coefficient (Wildman–Crippen LogP) is -3.28. The molecule has 0 spiro atoms. The smallest absolute Gasteiger partial charge is 0.325 e. The Hall–Kier alpha value is -7.61. The van der Waals surface area contributed by atoms with E-state index in [1.165, 1.54) is 12.1 Å². The second-order valence-corrected chi connectivity index (χ2v) is 22.0. The number of ketones is 1. The van der Waals surface area contributed by atoms with Gasteiger partial charge in [0, 0.05) is 54.7 Å². The number of rotatable bonds is 16. The molecular weight excluding hydrogens is 1180 g/mol. The van der Waals surface area contributed by atoms with Crippen LogP contribution >= 0.6 is 35.0 Å². The van der Waals surface area contributed by atoms with Crippen LogP contribution in [0.1, 0.15) is 65.4 Å². The van der Waals surface area contributed by atoms with Crippen LogP contribution in [-0.2, 0) is 78.3 Å². The van der Waals surface area contributed by atoms with E-state index in [1.807, 2.05) is 0 Å². The van der Waals surface area contributed by atoms with Crippen molar-refractivity contribution in [2.24, 2.45) is 11.8 Å². The number of fused-ring (bicyclic) bond motifs is 5. The third-order valence-corrected chi connectivity index (χ3v) is 15.9. The Morgan fingerprint density at radius 2 is 1.45 bits per heavy atom. The van der Waals surface area contributed by atoms with Crippen LogP contribution in [0.25, 0.3) is 10.9 Å². The number of carbonyl (C=O) groups excluding carboxylic acids is 13. The van der Waals surface area contributed by atoms with Crippen LogP contribution in [-0.4, -0.2) is 226 Å². The zero-order chi connectivity index (χ0) is 62.8. The average Bonchev–Trinajstić information content (AvgIpc) is 3.38. The molecule has 0 saturated carbocycles. The Kier molecular flexibility index (Phi) is 25.7. The number of halogens is 2. The van der Waals surface area contributed by atoms with Gasteiger partial charge in [-0.2, -0.15) is 0 Å². The van der Waals surface area contributed by atoms with Crippen LogP contribution in [0.3, 0.4) is 0 Å². The highest BCUT2D eigenvalue weighted by molar-refractivity contribution is 7.99. The van der Waals surface area contributed by atoms with Crippen molar-refractivity contribution in [3.8, 4) is 0 Å². The number of carboxylic acid groups (broad SMARTS) is 1. The number of esters is 1. The maximum atomic E-state index is 14.7. The summed E-state index contributed by atoms with van der Waals surface area (Å²) in [5.41, 5.74) is 0.785. The van der Waals surface area contributed by atoms with Crippen molar-refractivity contribution < 1.29 is 82.1 Å². The van der Waals surface area contributed by atoms with Gasteiger partial charge in [-0.05, 0) is 35.6 Å². The van der Waals surface area contributed by atoms with Crippen LogP contribution in [0, 0.1) is 11.8 Å². The number of aliphatic hydroxyl groups excluding tert-OH is 1. The molecule has 0 aliphatic carbocycles. The standard InChI is InChI=1S/C52H71Cl2N13O17S/c1-6-25(3)44-49(81)58-20-38(71)60-35-24-85-51-31(30-12-27(8-9-32(30)63-51)59-37(70)10-11-55-39(72)22-66(40(73)16-53)67(23-42(75)76)41(74)17-54)14-33(46(78)57-19-29(69)18-56-44)61-50(82)45(26(4)7-2)64-48(80)36-13-28(68)21-65(36)52(83)34(62-47(35)79)15-43(77)84-5/h8-9,12,25-26,28,33-36,44-45,56,63,68H,6-7,10-11,13-24H2,1-5H3,(H,55,72)(H,57,78)(H,58,81)(H,59,70)(H,60,71)(H,61,82)(H,62,79)(H,64,80)(H,75,76)/t25-,26-,28+,33-,34-,35-,36-,44-,45-/m0/s1. The van der Waals surface area contributed by atoms with Gasteiger partial charge < -0.3 is 67.4 Å². The normalized spacial score (nSPS) is 23.0. The molecule has 33 heteroatoms. The fourth-order valence-corrected chi connectivity index (χ4v) is 10.7. The third-order valence-electron chi connectivity index (χ3n) is 14.4. The van der Waals surface area contributed by atoms with Gasteiger partial charge in [0.05, 0.1) is 50.3 Å². The van der Waals surface area contributed by atoms with Gasteiger partial charge in [0.15, 0.2) is 5.78 Å². The number of carbonyl (C=O) groups is 14. The first-order chi connectivity index (χ1) is 40.3. The molecule has 1 aromatic heterocycles. The van der Waals surface area contributed by atoms with Gasteiger partial charge in [-0.3, -0.25) is 72.4 Å². The van der Waals surface area contributed by atoms with Gasteiger partial charge >= 0.3 is 11.9 Å². The van der Waals surface area contributed by atoms with E-state index < -0.39 is 195 Å². The van der Waals surface area contributed by atoms with Gasteiger partial charge in [-0.1, -0.05) is 40.5 Å². The number of benzene rings is 1. The average molecular weight is 1250 g/mol. The van der Waals surface area contributed by atoms with E-state index in [1.54, 1.807) is 33.8 Å². The van der Waals surface area contributed by atoms with E-state index >= 15 is 0 Å². The van der Waals surface area contributed by atoms with Crippen molar-refractivity contribution >= 4 is 134 Å². The van der Waals surface area contributed by atoms with Crippen LogP contribution in [0.5, 0.6) is 0 Å². The molecule has 1 aromatic carbocycles. The van der Waals surface area contributed by atoms with Crippen molar-refractivity contribution in [2.45, 2.75) is 114 Å². The Bertz CT molecular complexity index is 2900. The lowest BCUT2D eigenvalue weighted by atomic mass is 9.96. The number of hydrogen-bond acceptors (Lipinski definition) is 18. The van der Waals surface area contributed by atoms with Crippen LogP contribution < -0.4 is 47.9 Å². The number of Topliss-reactive ketones (excluding diaryl/α,β-unsaturated/α-hetero) is 1. The summed E-state index contributed by atoms with van der Waals surface area (Å²) >= 11 is 12.2. The molecule has 11 amide bonds. The van der Waals surface area contributed by atoms with Crippen molar-refractivity contribution in [2.75, 3.05) is 75.8 Å². The molecule has 466 valence electrons. The maximum absolute atomic E-state index is 14.7. The number of aliphatic carboxylic acids is 1. The lowest BCUT2D eigenvalue weighted by molar-refractivity contribution is -0.167. The van der Waals surface area contributed by atoms with Gasteiger partial charge in [0.2, 0.25) is 53.2 Å². The monoisotopic (exact) mass is 1250 g/mol. The number of hydrogen-bond donors (Lipinski definition) is 12. The Labute approximate surface area is 501 Å². The molecule has 3 aliphatic rings. The topological polar surface area (TPSA) is 422 Å². The molecule has 85 heavy (non-hydrogen) atoms. The summed E-state index contributed by atoms with van der Waals surface area (Å²) in [6.45, 7) is 2.53. The Morgan fingerprint density at radius 1 is 0.788 bits per heavy atom. The molecule has 5 rings (SSSR count). The largest absolute Gasteiger partial charge is 0.480 e. The predicted molar refractivity (Wildman–Crippen MR) is 304 cm³/mol. The second kappa shape index (κ2) is 32.1. The van der Waals surface area contributed by atoms with E-state index in [4.69, 9.17) is 27.9 Å². The number of nitrogens with one attached hydrogen (secondary N) is 10. The van der Waals surface area contributed by atoms with Crippen molar-refractivity contribution in [1.29, 1.82) is 0 Å². The Morgan fingerprint density at radius 3 is 2.09 bits per heavy atom. The highest BCUT2D eigenvalue weighted by Crippen LogP contribution is 2.34. The Balaban J connectivity index is 1.60. The minimum Gasteiger partial charge on any atom is -0.480 e. The molecule has 30 nitrogen and oxygen atoms in total. The van der Waals surface area contributed by atoms with Crippen LogP contribution in [0.4, 0.5) is 5.69 Å². The second-order valence-electron chi connectivity index (χ2n) is 20.4. The number of alkyl halides is 2. The number of amides is 11. The molecule has 2 bridgehead atoms. The number of H-pyrrole nitrogens is 1. The van der Waals surface area contributed by atoms with E-state index in [2.05, 4.69) is 52.8 Å². The summed E-state index contributed by atoms with van der Waals surface area (Å²) in [6.07, 6.45) is -2.41. The molecule has 12 N–H and O–H groups in total. The first-order valence-electron chi connectivity index (χ1n) is 27.2. The molecule has 1 fully saturated rings. The summed E-state index contributed by atoms with van der Waals surface area (Å²) in [7, 11) is 1.04. The summed E-state index contributed by atoms with van der Waals surface area (Å²) in [6, 6.07) is -4.26. The van der Waals surface area contributed by atoms with Crippen molar-refractivity contribution in [3.05, 3.63) is 23.8 Å². The number of hydrazine groups is 1. The number of ether oxygens (including phenoxy) is 1. The van der Waals surface area contributed by atoms with E-state index in [0.29, 0.717) is 27.3 Å². The third kappa shape index (κ3) is 18.9. The number of nitrogens with zero attached hydrogens (tertiary/aromatic N) is 3. The zero-order valence-corrected chi connectivity index (χ0v) is 49.6. The highest BCUT2D eigenvalue weighted by Gasteiger charge is 2.44. The lowest BCUT2D eigenvalue weighted by Gasteiger charge is -2.32. The molecule has 0 radical (unpaired) electrons. The van der Waals surface area contributed by atoms with Crippen molar-refractivity contribution in [3.63, 3.8) is 0 Å². The number of aliphatic hydroxyl groups is 1. The molecule has 3 aliphatic heterocycles. The number of carboxylic acids is 1. The zero-order valence-electron chi connectivity index (χ0n) is 47.3. The molecule has 9 atom stereocenters. The fourth-order valence-electron chi connectivity index (χ4n) is 9.35. The van der Waals surface area contributed by atoms with Crippen LogP contribution in [0.2, 0.25) is 0 Å². The molecular formula is C52H71Cl2N13O17S. The van der Waals surface area contributed by atoms with Gasteiger partial charge in [-0.25, -0.2) is 10.0 Å². The quantitative estimate of drug-likeness (QED) is 0.0446. The van der Waals surface area contributed by atoms with E-state index in [0.717, 1.165) is 23.8 Å². The highest BCUT2D eigenvalue weighted by atomic mass is 35.5. The van der Waals surface area contributed by atoms with E-state index in [9.17, 15) is 77.3 Å². The number of aromatic nitrogens is 1. The number of aromatic amines is 1. The minimum absolute atomic E-state index is 0.153. The van der Waals surface area contributed by atoms with Gasteiger partial charge in [0.1, 0.15) is 55.1 Å². The molecule has 4 heterocycles. The lowest BCUT2D eigenvalue weighted by Crippen LogP contribution is -2.60. The number of anilines is 1. The summed E-state index contributed by atoms with van der Waals surface area (Å²) < 4.78 is 4.86. The minimum atomic E-state index is -1.75. The van der Waals surface area contributed by atoms with Gasteiger partial charge in [0.25, 0.3) is 11.8 Å². The maximum Gasteiger partial charge on any atom is 0.325 e. The van der Waals surface area contributed by atoms with Gasteiger partial charge in [-0.15, -0.1) is 35.0 Å². The first kappa shape index (κ1) is 68.2. The summed E-state index contributed by atoms with van der Waals surface area (Å²) in [5.74, 6) is -15.8. The first-order valence-corrected chi connectivity index (χ1v) is 29.2. The fraction of sp³-hybridized carbons (Fsp3) is 0.577. The van der Waals surface area contributed by atoms with Crippen LogP contribution in [0.15, 0.2) is 23.2 Å². The number of thioether (sulfide) groups is 1. The molecule has 2 aromatic rings. The summed E-state index contributed by atoms with van der Waals surface area (Å²) in [4.78, 5) is 194. The number of methoxy groups -OCH3 is 1. The van der Waals surface area contributed by atoms with Crippen molar-refractivity contribution in [1.82, 2.24) is 62.4 Å².